The van der Waals surface area contributed by atoms with Gasteiger partial charge in [0.25, 0.3) is 5.91 Å². The molecule has 1 heterocycles. The van der Waals surface area contributed by atoms with Gasteiger partial charge in [-0.15, -0.1) is 5.10 Å². The monoisotopic (exact) mass is 388 g/mol. The van der Waals surface area contributed by atoms with Gasteiger partial charge in [-0.2, -0.15) is 0 Å². The van der Waals surface area contributed by atoms with E-state index in [9.17, 15) is 9.59 Å². The van der Waals surface area contributed by atoms with Crippen LogP contribution < -0.4 is 10.6 Å². The van der Waals surface area contributed by atoms with E-state index in [0.29, 0.717) is 22.4 Å². The molecule has 2 aromatic rings. The summed E-state index contributed by atoms with van der Waals surface area (Å²) < 4.78 is 1.84. The maximum absolute atomic E-state index is 12.2. The molecule has 3 rings (SSSR count). The predicted octanol–water partition coefficient (Wildman–Crippen LogP) is 2.66. The van der Waals surface area contributed by atoms with Gasteiger partial charge in [0.1, 0.15) is 0 Å². The maximum atomic E-state index is 12.2. The van der Waals surface area contributed by atoms with Crippen LogP contribution in [0.5, 0.6) is 0 Å². The Morgan fingerprint density at radius 1 is 1.22 bits per heavy atom. The van der Waals surface area contributed by atoms with Gasteiger partial charge in [-0.3, -0.25) is 9.59 Å². The molecular weight excluding hydrogens is 364 g/mol. The molecule has 27 heavy (non-hydrogen) atoms. The van der Waals surface area contributed by atoms with Gasteiger partial charge >= 0.3 is 0 Å². The van der Waals surface area contributed by atoms with E-state index in [1.54, 1.807) is 24.3 Å². The van der Waals surface area contributed by atoms with Crippen LogP contribution in [0.4, 0.5) is 5.69 Å². The maximum Gasteiger partial charge on any atom is 0.251 e. The van der Waals surface area contributed by atoms with E-state index in [2.05, 4.69) is 26.2 Å². The highest BCUT2D eigenvalue weighted by molar-refractivity contribution is 7.99. The number of benzene rings is 1. The van der Waals surface area contributed by atoms with Crippen LogP contribution in [0.1, 0.15) is 55.9 Å². The van der Waals surface area contributed by atoms with E-state index in [-0.39, 0.29) is 23.6 Å². The SMILES string of the molecule is CC(C)NC(=O)c1ccc(NC(=O)CSc2nnnn2C2CCCC2)cc1. The summed E-state index contributed by atoms with van der Waals surface area (Å²) in [4.78, 5) is 24.2. The van der Waals surface area contributed by atoms with Gasteiger partial charge in [0.15, 0.2) is 0 Å². The number of amides is 2. The van der Waals surface area contributed by atoms with Gasteiger partial charge in [-0.25, -0.2) is 4.68 Å². The fourth-order valence-electron chi connectivity index (χ4n) is 3.04. The van der Waals surface area contributed by atoms with Crippen LogP contribution in [0.3, 0.4) is 0 Å². The first kappa shape index (κ1) is 19.3. The fourth-order valence-corrected chi connectivity index (χ4v) is 3.78. The largest absolute Gasteiger partial charge is 0.350 e. The van der Waals surface area contributed by atoms with Crippen molar-refractivity contribution >= 4 is 29.3 Å². The molecule has 1 fully saturated rings. The van der Waals surface area contributed by atoms with Crippen LogP contribution in [0, 0.1) is 0 Å². The molecule has 1 saturated carbocycles. The van der Waals surface area contributed by atoms with Crippen LogP contribution in [-0.2, 0) is 4.79 Å². The average Bonchev–Trinajstić information content (AvgIpc) is 3.31. The molecule has 0 aliphatic heterocycles. The third kappa shape index (κ3) is 5.29. The van der Waals surface area contributed by atoms with Crippen molar-refractivity contribution in [1.82, 2.24) is 25.5 Å². The molecule has 1 aromatic heterocycles. The summed E-state index contributed by atoms with van der Waals surface area (Å²) in [6, 6.07) is 7.26. The van der Waals surface area contributed by atoms with Crippen molar-refractivity contribution in [3.05, 3.63) is 29.8 Å². The van der Waals surface area contributed by atoms with Crippen molar-refractivity contribution in [1.29, 1.82) is 0 Å². The Morgan fingerprint density at radius 3 is 2.59 bits per heavy atom. The van der Waals surface area contributed by atoms with Gasteiger partial charge in [-0.05, 0) is 61.4 Å². The minimum Gasteiger partial charge on any atom is -0.350 e. The average molecular weight is 388 g/mol. The van der Waals surface area contributed by atoms with Gasteiger partial charge in [-0.1, -0.05) is 24.6 Å². The molecule has 2 N–H and O–H groups in total. The topological polar surface area (TPSA) is 102 Å². The number of anilines is 1. The smallest absolute Gasteiger partial charge is 0.251 e. The lowest BCUT2D eigenvalue weighted by Gasteiger charge is -2.11. The van der Waals surface area contributed by atoms with E-state index in [1.165, 1.54) is 24.6 Å². The lowest BCUT2D eigenvalue weighted by atomic mass is 10.2. The number of hydrogen-bond donors (Lipinski definition) is 2. The van der Waals surface area contributed by atoms with Crippen molar-refractivity contribution < 1.29 is 9.59 Å². The molecule has 144 valence electrons. The summed E-state index contributed by atoms with van der Waals surface area (Å²) in [5.41, 5.74) is 1.21. The first-order chi connectivity index (χ1) is 13.0. The Hall–Kier alpha value is -2.42. The van der Waals surface area contributed by atoms with Crippen molar-refractivity contribution in [2.24, 2.45) is 0 Å². The molecule has 0 saturated heterocycles. The zero-order valence-corrected chi connectivity index (χ0v) is 16.3. The van der Waals surface area contributed by atoms with E-state index in [1.807, 2.05) is 18.5 Å². The molecule has 1 aliphatic rings. The molecule has 0 bridgehead atoms. The quantitative estimate of drug-likeness (QED) is 0.707. The van der Waals surface area contributed by atoms with Crippen molar-refractivity contribution in [3.8, 4) is 0 Å². The molecule has 9 heteroatoms. The first-order valence-corrected chi connectivity index (χ1v) is 10.1. The number of rotatable bonds is 7. The molecule has 1 aromatic carbocycles. The van der Waals surface area contributed by atoms with Crippen LogP contribution in [-0.4, -0.2) is 43.8 Å². The lowest BCUT2D eigenvalue weighted by molar-refractivity contribution is -0.113. The third-order valence-electron chi connectivity index (χ3n) is 4.32. The van der Waals surface area contributed by atoms with E-state index in [0.717, 1.165) is 12.8 Å². The molecule has 2 amide bonds. The normalized spacial score (nSPS) is 14.5. The molecule has 0 unspecified atom stereocenters. The highest BCUT2D eigenvalue weighted by Gasteiger charge is 2.22. The summed E-state index contributed by atoms with van der Waals surface area (Å²) in [5.74, 6) is -0.0413. The number of hydrogen-bond acceptors (Lipinski definition) is 6. The van der Waals surface area contributed by atoms with Crippen LogP contribution >= 0.6 is 11.8 Å². The summed E-state index contributed by atoms with van der Waals surface area (Å²) in [6.07, 6.45) is 4.56. The molecule has 0 atom stereocenters. The summed E-state index contributed by atoms with van der Waals surface area (Å²) in [6.45, 7) is 3.82. The molecule has 0 radical (unpaired) electrons. The van der Waals surface area contributed by atoms with Crippen LogP contribution in [0.15, 0.2) is 29.4 Å². The third-order valence-corrected chi connectivity index (χ3v) is 5.25. The van der Waals surface area contributed by atoms with Gasteiger partial charge in [0.2, 0.25) is 11.1 Å². The number of aromatic nitrogens is 4. The van der Waals surface area contributed by atoms with Gasteiger partial charge in [0, 0.05) is 17.3 Å². The van der Waals surface area contributed by atoms with Crippen molar-refractivity contribution in [2.45, 2.75) is 56.8 Å². The number of nitrogens with zero attached hydrogens (tertiary/aromatic N) is 4. The van der Waals surface area contributed by atoms with Crippen molar-refractivity contribution in [2.75, 3.05) is 11.1 Å². The Morgan fingerprint density at radius 2 is 1.93 bits per heavy atom. The minimum absolute atomic E-state index is 0.0784. The summed E-state index contributed by atoms with van der Waals surface area (Å²) in [7, 11) is 0. The highest BCUT2D eigenvalue weighted by atomic mass is 32.2. The second-order valence-electron chi connectivity index (χ2n) is 6.89. The number of carbonyl (C=O) groups is 2. The molecule has 0 spiro atoms. The number of nitrogens with one attached hydrogen (secondary N) is 2. The minimum atomic E-state index is -0.139. The number of thioether (sulfide) groups is 1. The van der Waals surface area contributed by atoms with E-state index in [4.69, 9.17) is 0 Å². The van der Waals surface area contributed by atoms with E-state index < -0.39 is 0 Å². The van der Waals surface area contributed by atoms with Crippen LogP contribution in [0.25, 0.3) is 0 Å². The Bertz CT molecular complexity index is 783. The highest BCUT2D eigenvalue weighted by Crippen LogP contribution is 2.31. The zero-order valence-electron chi connectivity index (χ0n) is 15.5. The first-order valence-electron chi connectivity index (χ1n) is 9.14. The molecule has 1 aliphatic carbocycles. The standard InChI is InChI=1S/C18H24N6O2S/c1-12(2)19-17(26)13-7-9-14(10-8-13)20-16(25)11-27-18-21-22-23-24(18)15-5-3-4-6-15/h7-10,12,15H,3-6,11H2,1-2H3,(H,19,26)(H,20,25). The van der Waals surface area contributed by atoms with Crippen molar-refractivity contribution in [3.63, 3.8) is 0 Å². The summed E-state index contributed by atoms with van der Waals surface area (Å²) in [5, 5.41) is 18.2. The second-order valence-corrected chi connectivity index (χ2v) is 7.83. The van der Waals surface area contributed by atoms with Crippen LogP contribution in [0.2, 0.25) is 0 Å². The van der Waals surface area contributed by atoms with E-state index >= 15 is 0 Å². The fraction of sp³-hybridized carbons (Fsp3) is 0.500. The van der Waals surface area contributed by atoms with Gasteiger partial charge in [0.05, 0.1) is 11.8 Å². The predicted molar refractivity (Wildman–Crippen MR) is 104 cm³/mol. The van der Waals surface area contributed by atoms with Gasteiger partial charge < -0.3 is 10.6 Å². The zero-order chi connectivity index (χ0) is 19.2. The molecular formula is C18H24N6O2S. The lowest BCUT2D eigenvalue weighted by Crippen LogP contribution is -2.30. The number of carbonyl (C=O) groups excluding carboxylic acids is 2. The molecule has 8 nitrogen and oxygen atoms in total. The number of tetrazole rings is 1. The Labute approximate surface area is 162 Å². The Kier molecular flexibility index (Phi) is 6.44. The Balaban J connectivity index is 1.51. The summed E-state index contributed by atoms with van der Waals surface area (Å²) >= 11 is 1.33. The second kappa shape index (κ2) is 8.98.